The van der Waals surface area contributed by atoms with Crippen LogP contribution < -0.4 is 5.73 Å². The molecule has 0 aromatic carbocycles. The van der Waals surface area contributed by atoms with Gasteiger partial charge in [-0.1, -0.05) is 0 Å². The number of ether oxygens (including phenoxy) is 1. The van der Waals surface area contributed by atoms with Crippen LogP contribution in [0.4, 0.5) is 0 Å². The second-order valence-corrected chi connectivity index (χ2v) is 3.73. The molecule has 0 aromatic heterocycles. The summed E-state index contributed by atoms with van der Waals surface area (Å²) in [5.41, 5.74) is 5.56. The Labute approximate surface area is 73.9 Å². The Kier molecular flexibility index (Phi) is 2.63. The van der Waals surface area contributed by atoms with Crippen LogP contribution in [0.15, 0.2) is 0 Å². The Hall–Kier alpha value is -0.120. The molecule has 2 aliphatic rings. The molecule has 0 radical (unpaired) electrons. The van der Waals surface area contributed by atoms with E-state index in [0.29, 0.717) is 12.1 Å². The molecule has 2 N–H and O–H groups in total. The van der Waals surface area contributed by atoms with Crippen LogP contribution in [0.25, 0.3) is 0 Å². The second kappa shape index (κ2) is 3.73. The molecule has 12 heavy (non-hydrogen) atoms. The molecule has 0 amide bonds. The van der Waals surface area contributed by atoms with Gasteiger partial charge >= 0.3 is 0 Å². The Balaban J connectivity index is 1.94. The van der Waals surface area contributed by atoms with Crippen LogP contribution in [0.3, 0.4) is 0 Å². The number of nitrogens with zero attached hydrogens (tertiary/aromatic N) is 1. The van der Waals surface area contributed by atoms with E-state index in [1.807, 2.05) is 0 Å². The topological polar surface area (TPSA) is 38.5 Å². The van der Waals surface area contributed by atoms with Gasteiger partial charge in [-0.3, -0.25) is 4.90 Å². The molecule has 1 heterocycles. The minimum atomic E-state index is 0.519. The summed E-state index contributed by atoms with van der Waals surface area (Å²) in [5, 5.41) is 0. The minimum absolute atomic E-state index is 0.519. The summed E-state index contributed by atoms with van der Waals surface area (Å²) in [5.74, 6) is 0. The lowest BCUT2D eigenvalue weighted by atomic mass is 10.1. The first kappa shape index (κ1) is 8.48. The molecule has 0 bridgehead atoms. The third kappa shape index (κ3) is 1.49. The molecule has 1 aliphatic carbocycles. The highest BCUT2D eigenvalue weighted by Gasteiger charge is 2.35. The Morgan fingerprint density at radius 1 is 1.42 bits per heavy atom. The predicted octanol–water partition coefficient (Wildman–Crippen LogP) is 0.198. The lowest BCUT2D eigenvalue weighted by Gasteiger charge is -2.37. The van der Waals surface area contributed by atoms with Crippen LogP contribution in [0.2, 0.25) is 0 Å². The molecule has 0 unspecified atom stereocenters. The van der Waals surface area contributed by atoms with Crippen molar-refractivity contribution in [1.82, 2.24) is 4.90 Å². The Morgan fingerprint density at radius 2 is 2.33 bits per heavy atom. The van der Waals surface area contributed by atoms with E-state index in [4.69, 9.17) is 10.5 Å². The second-order valence-electron chi connectivity index (χ2n) is 3.73. The maximum absolute atomic E-state index is 5.70. The minimum Gasteiger partial charge on any atom is -0.375 e. The third-order valence-corrected chi connectivity index (χ3v) is 3.01. The van der Waals surface area contributed by atoms with Crippen molar-refractivity contribution in [3.63, 3.8) is 0 Å². The zero-order valence-electron chi connectivity index (χ0n) is 7.54. The lowest BCUT2D eigenvalue weighted by molar-refractivity contribution is -0.0542. The molecule has 3 nitrogen and oxygen atoms in total. The van der Waals surface area contributed by atoms with E-state index < -0.39 is 0 Å². The molecule has 2 rings (SSSR count). The zero-order chi connectivity index (χ0) is 8.39. The SMILES string of the molecule is NCCN1CCO[C@@H]2CCC[C@@H]21. The van der Waals surface area contributed by atoms with Gasteiger partial charge in [0.15, 0.2) is 0 Å². The van der Waals surface area contributed by atoms with Crippen LogP contribution in [-0.4, -0.2) is 43.3 Å². The monoisotopic (exact) mass is 170 g/mol. The first-order chi connectivity index (χ1) is 5.92. The molecule has 1 saturated carbocycles. The Bertz CT molecular complexity index is 149. The molecule has 1 aliphatic heterocycles. The van der Waals surface area contributed by atoms with Gasteiger partial charge in [-0.05, 0) is 19.3 Å². The quantitative estimate of drug-likeness (QED) is 0.643. The largest absolute Gasteiger partial charge is 0.375 e. The van der Waals surface area contributed by atoms with E-state index in [0.717, 1.165) is 26.2 Å². The van der Waals surface area contributed by atoms with Crippen molar-refractivity contribution in [2.45, 2.75) is 31.4 Å². The lowest BCUT2D eigenvalue weighted by Crippen LogP contribution is -2.49. The summed E-state index contributed by atoms with van der Waals surface area (Å²) >= 11 is 0. The summed E-state index contributed by atoms with van der Waals surface area (Å²) in [6, 6.07) is 0.683. The zero-order valence-corrected chi connectivity index (χ0v) is 7.54. The summed E-state index contributed by atoms with van der Waals surface area (Å²) < 4.78 is 5.70. The van der Waals surface area contributed by atoms with E-state index in [1.54, 1.807) is 0 Å². The summed E-state index contributed by atoms with van der Waals surface area (Å²) in [4.78, 5) is 2.50. The fourth-order valence-electron chi connectivity index (χ4n) is 2.45. The third-order valence-electron chi connectivity index (χ3n) is 3.01. The van der Waals surface area contributed by atoms with Crippen LogP contribution in [0.1, 0.15) is 19.3 Å². The van der Waals surface area contributed by atoms with Gasteiger partial charge in [0, 0.05) is 25.7 Å². The molecule has 0 spiro atoms. The van der Waals surface area contributed by atoms with Crippen molar-refractivity contribution < 1.29 is 4.74 Å². The first-order valence-electron chi connectivity index (χ1n) is 4.97. The van der Waals surface area contributed by atoms with Gasteiger partial charge < -0.3 is 10.5 Å². The number of hydrogen-bond acceptors (Lipinski definition) is 3. The van der Waals surface area contributed by atoms with Crippen molar-refractivity contribution in [2.24, 2.45) is 5.73 Å². The highest BCUT2D eigenvalue weighted by molar-refractivity contribution is 4.89. The molecule has 2 atom stereocenters. The average molecular weight is 170 g/mol. The van der Waals surface area contributed by atoms with Gasteiger partial charge in [0.1, 0.15) is 0 Å². The molecule has 1 saturated heterocycles. The maximum atomic E-state index is 5.70. The van der Waals surface area contributed by atoms with Crippen LogP contribution in [0, 0.1) is 0 Å². The van der Waals surface area contributed by atoms with Crippen molar-refractivity contribution in [2.75, 3.05) is 26.2 Å². The molecule has 0 aromatic rings. The molecule has 70 valence electrons. The van der Waals surface area contributed by atoms with Crippen molar-refractivity contribution in [3.8, 4) is 0 Å². The van der Waals surface area contributed by atoms with E-state index in [9.17, 15) is 0 Å². The number of hydrogen-bond donors (Lipinski definition) is 1. The molecule has 2 fully saturated rings. The fraction of sp³-hybridized carbons (Fsp3) is 1.00. The molecule has 3 heteroatoms. The highest BCUT2D eigenvalue weighted by Crippen LogP contribution is 2.28. The van der Waals surface area contributed by atoms with E-state index in [2.05, 4.69) is 4.90 Å². The van der Waals surface area contributed by atoms with Crippen molar-refractivity contribution in [3.05, 3.63) is 0 Å². The van der Waals surface area contributed by atoms with Crippen LogP contribution in [0.5, 0.6) is 0 Å². The van der Waals surface area contributed by atoms with Crippen LogP contribution in [-0.2, 0) is 4.74 Å². The smallest absolute Gasteiger partial charge is 0.0730 e. The van der Waals surface area contributed by atoms with E-state index in [-0.39, 0.29) is 0 Å². The highest BCUT2D eigenvalue weighted by atomic mass is 16.5. The van der Waals surface area contributed by atoms with Gasteiger partial charge in [-0.25, -0.2) is 0 Å². The number of morpholine rings is 1. The predicted molar refractivity (Wildman–Crippen MR) is 48.0 cm³/mol. The molecular weight excluding hydrogens is 152 g/mol. The average Bonchev–Trinajstić information content (AvgIpc) is 2.53. The summed E-state index contributed by atoms with van der Waals surface area (Å²) in [6.07, 6.45) is 4.41. The number of fused-ring (bicyclic) bond motifs is 1. The number of rotatable bonds is 2. The Morgan fingerprint density at radius 3 is 3.17 bits per heavy atom. The standard InChI is InChI=1S/C9H18N2O/c10-4-5-11-6-7-12-9-3-1-2-8(9)11/h8-9H,1-7,10H2/t8-,9+/m0/s1. The number of nitrogens with two attached hydrogens (primary N) is 1. The van der Waals surface area contributed by atoms with Gasteiger partial charge in [0.2, 0.25) is 0 Å². The van der Waals surface area contributed by atoms with E-state index in [1.165, 1.54) is 19.3 Å². The molecular formula is C9H18N2O. The van der Waals surface area contributed by atoms with Gasteiger partial charge in [-0.15, -0.1) is 0 Å². The van der Waals surface area contributed by atoms with Crippen molar-refractivity contribution in [1.29, 1.82) is 0 Å². The van der Waals surface area contributed by atoms with E-state index >= 15 is 0 Å². The fourth-order valence-corrected chi connectivity index (χ4v) is 2.45. The maximum Gasteiger partial charge on any atom is 0.0730 e. The van der Waals surface area contributed by atoms with Crippen molar-refractivity contribution >= 4 is 0 Å². The first-order valence-corrected chi connectivity index (χ1v) is 4.97. The summed E-state index contributed by atoms with van der Waals surface area (Å²) in [6.45, 7) is 3.81. The van der Waals surface area contributed by atoms with Gasteiger partial charge in [0.05, 0.1) is 12.7 Å². The van der Waals surface area contributed by atoms with Gasteiger partial charge in [0.25, 0.3) is 0 Å². The van der Waals surface area contributed by atoms with Crippen LogP contribution >= 0.6 is 0 Å². The summed E-state index contributed by atoms with van der Waals surface area (Å²) in [7, 11) is 0. The normalized spacial score (nSPS) is 36.8. The van der Waals surface area contributed by atoms with Gasteiger partial charge in [-0.2, -0.15) is 0 Å².